The predicted octanol–water partition coefficient (Wildman–Crippen LogP) is 0.799. The van der Waals surface area contributed by atoms with E-state index in [1.807, 2.05) is 0 Å². The molecule has 0 saturated heterocycles. The summed E-state index contributed by atoms with van der Waals surface area (Å²) in [5, 5.41) is 5.27. The summed E-state index contributed by atoms with van der Waals surface area (Å²) in [7, 11) is 0.861. The van der Waals surface area contributed by atoms with E-state index < -0.39 is 0 Å². The number of ether oxygens (including phenoxy) is 1. The molecule has 2 radical (unpaired) electrons. The molecule has 16 heavy (non-hydrogen) atoms. The number of carbonyl (C=O) groups excluding carboxylic acids is 2. The average molecular weight is 244 g/mol. The maximum absolute atomic E-state index is 11.1. The maximum atomic E-state index is 11.1. The van der Waals surface area contributed by atoms with Crippen molar-refractivity contribution in [1.29, 1.82) is 0 Å². The minimum absolute atomic E-state index is 0.0527. The molecule has 0 saturated carbocycles. The van der Waals surface area contributed by atoms with E-state index >= 15 is 0 Å². The van der Waals surface area contributed by atoms with Crippen molar-refractivity contribution in [2.24, 2.45) is 0 Å². The molecule has 0 aromatic heterocycles. The van der Waals surface area contributed by atoms with Gasteiger partial charge in [0.15, 0.2) is 0 Å². The smallest absolute Gasteiger partial charge is 0.407 e. The zero-order valence-corrected chi connectivity index (χ0v) is 11.0. The Morgan fingerprint density at radius 3 is 2.56 bits per heavy atom. The van der Waals surface area contributed by atoms with Gasteiger partial charge in [0, 0.05) is 29.5 Å². The molecule has 0 aliphatic rings. The fraction of sp³-hybridized carbons (Fsp3) is 0.800. The summed E-state index contributed by atoms with van der Waals surface area (Å²) in [6.07, 6.45) is 0.342. The Bertz CT molecular complexity index is 212. The van der Waals surface area contributed by atoms with E-state index in [4.69, 9.17) is 4.74 Å². The van der Waals surface area contributed by atoms with E-state index in [2.05, 4.69) is 17.6 Å². The van der Waals surface area contributed by atoms with Gasteiger partial charge in [0.25, 0.3) is 0 Å². The number of amides is 2. The largest absolute Gasteiger partial charge is 0.450 e. The van der Waals surface area contributed by atoms with Gasteiger partial charge in [-0.2, -0.15) is 0 Å². The monoisotopic (exact) mass is 244 g/mol. The van der Waals surface area contributed by atoms with Crippen LogP contribution in [0.25, 0.3) is 0 Å². The number of rotatable bonds is 8. The van der Waals surface area contributed by atoms with Gasteiger partial charge in [-0.15, -0.1) is 0 Å². The zero-order chi connectivity index (χ0) is 12.2. The molecule has 2 N–H and O–H groups in total. The van der Waals surface area contributed by atoms with Crippen LogP contribution in [0.4, 0.5) is 4.79 Å². The Balaban J connectivity index is 3.20. The molecular weight excluding hydrogens is 224 g/mol. The third kappa shape index (κ3) is 11.0. The Hall–Kier alpha value is -1.04. The summed E-state index contributed by atoms with van der Waals surface area (Å²) in [5.74, 6) is -0.0527. The van der Waals surface area contributed by atoms with Gasteiger partial charge in [-0.3, -0.25) is 4.79 Å². The minimum atomic E-state index is -0.372. The summed E-state index contributed by atoms with van der Waals surface area (Å²) < 4.78 is 4.94. The van der Waals surface area contributed by atoms with Gasteiger partial charge < -0.3 is 15.4 Å². The SMILES string of the molecule is CC[Si]CCOC(=O)NCCCNC(C)=O. The Morgan fingerprint density at radius 1 is 1.25 bits per heavy atom. The molecule has 0 aliphatic heterocycles. The van der Waals surface area contributed by atoms with Crippen molar-refractivity contribution in [1.82, 2.24) is 10.6 Å². The molecule has 92 valence electrons. The van der Waals surface area contributed by atoms with Gasteiger partial charge in [-0.1, -0.05) is 13.0 Å². The number of nitrogens with one attached hydrogen (secondary N) is 2. The minimum Gasteiger partial charge on any atom is -0.450 e. The molecule has 0 aliphatic carbocycles. The lowest BCUT2D eigenvalue weighted by molar-refractivity contribution is -0.118. The van der Waals surface area contributed by atoms with Crippen LogP contribution in [-0.2, 0) is 9.53 Å². The van der Waals surface area contributed by atoms with Crippen LogP contribution in [0.15, 0.2) is 0 Å². The van der Waals surface area contributed by atoms with E-state index in [1.54, 1.807) is 0 Å². The van der Waals surface area contributed by atoms with Crippen molar-refractivity contribution < 1.29 is 14.3 Å². The molecule has 0 heterocycles. The van der Waals surface area contributed by atoms with E-state index in [0.29, 0.717) is 26.1 Å². The van der Waals surface area contributed by atoms with Crippen LogP contribution in [0.5, 0.6) is 0 Å². The van der Waals surface area contributed by atoms with Gasteiger partial charge in [-0.25, -0.2) is 4.79 Å². The molecule has 0 spiro atoms. The third-order valence-electron chi connectivity index (χ3n) is 1.76. The lowest BCUT2D eigenvalue weighted by Crippen LogP contribution is -2.29. The topological polar surface area (TPSA) is 67.4 Å². The fourth-order valence-electron chi connectivity index (χ4n) is 0.987. The predicted molar refractivity (Wildman–Crippen MR) is 63.7 cm³/mol. The fourth-order valence-corrected chi connectivity index (χ4v) is 1.59. The van der Waals surface area contributed by atoms with Crippen LogP contribution in [0.3, 0.4) is 0 Å². The van der Waals surface area contributed by atoms with Crippen LogP contribution >= 0.6 is 0 Å². The van der Waals surface area contributed by atoms with Crippen LogP contribution in [0.2, 0.25) is 12.1 Å². The highest BCUT2D eigenvalue weighted by atomic mass is 28.2. The molecule has 0 fully saturated rings. The van der Waals surface area contributed by atoms with Crippen LogP contribution < -0.4 is 10.6 Å². The van der Waals surface area contributed by atoms with Crippen LogP contribution in [-0.4, -0.2) is 41.2 Å². The van der Waals surface area contributed by atoms with Crippen LogP contribution in [0, 0.1) is 0 Å². The first-order chi connectivity index (χ1) is 7.66. The molecule has 2 amide bonds. The highest BCUT2D eigenvalue weighted by Gasteiger charge is 2.00. The highest BCUT2D eigenvalue weighted by Crippen LogP contribution is 1.87. The summed E-state index contributed by atoms with van der Waals surface area (Å²) >= 11 is 0. The van der Waals surface area contributed by atoms with Gasteiger partial charge in [0.2, 0.25) is 5.91 Å². The first-order valence-corrected chi connectivity index (χ1v) is 6.94. The van der Waals surface area contributed by atoms with Gasteiger partial charge in [0.1, 0.15) is 0 Å². The van der Waals surface area contributed by atoms with E-state index in [0.717, 1.165) is 21.6 Å². The third-order valence-corrected chi connectivity index (χ3v) is 2.82. The molecule has 0 aromatic rings. The summed E-state index contributed by atoms with van der Waals surface area (Å²) in [4.78, 5) is 21.6. The molecule has 0 bridgehead atoms. The van der Waals surface area contributed by atoms with Crippen molar-refractivity contribution in [2.75, 3.05) is 19.7 Å². The lowest BCUT2D eigenvalue weighted by Gasteiger charge is -2.06. The maximum Gasteiger partial charge on any atom is 0.407 e. The Kier molecular flexibility index (Phi) is 9.79. The molecular formula is C10H20N2O3Si. The van der Waals surface area contributed by atoms with Gasteiger partial charge in [-0.05, 0) is 12.5 Å². The van der Waals surface area contributed by atoms with E-state index in [-0.39, 0.29) is 12.0 Å². The second-order valence-corrected chi connectivity index (χ2v) is 4.96. The second-order valence-electron chi connectivity index (χ2n) is 3.25. The number of hydrogen-bond acceptors (Lipinski definition) is 3. The highest BCUT2D eigenvalue weighted by molar-refractivity contribution is 6.35. The number of alkyl carbamates (subject to hydrolysis) is 1. The molecule has 0 unspecified atom stereocenters. The van der Waals surface area contributed by atoms with Crippen molar-refractivity contribution >= 4 is 21.5 Å². The average Bonchev–Trinajstić information content (AvgIpc) is 2.23. The number of carbonyl (C=O) groups is 2. The second kappa shape index (κ2) is 10.5. The van der Waals surface area contributed by atoms with Crippen molar-refractivity contribution in [3.8, 4) is 0 Å². The van der Waals surface area contributed by atoms with Crippen LogP contribution in [0.1, 0.15) is 20.3 Å². The van der Waals surface area contributed by atoms with Gasteiger partial charge in [0.05, 0.1) is 6.61 Å². The molecule has 0 atom stereocenters. The summed E-state index contributed by atoms with van der Waals surface area (Å²) in [6, 6.07) is 2.08. The Morgan fingerprint density at radius 2 is 1.94 bits per heavy atom. The summed E-state index contributed by atoms with van der Waals surface area (Å²) in [6.45, 7) is 5.17. The molecule has 5 nitrogen and oxygen atoms in total. The zero-order valence-electron chi connectivity index (χ0n) is 9.97. The Labute approximate surface area is 99.1 Å². The molecule has 0 aromatic carbocycles. The van der Waals surface area contributed by atoms with E-state index in [1.165, 1.54) is 6.92 Å². The normalized spacial score (nSPS) is 9.62. The lowest BCUT2D eigenvalue weighted by atomic mass is 10.4. The van der Waals surface area contributed by atoms with Gasteiger partial charge >= 0.3 is 6.09 Å². The first-order valence-electron chi connectivity index (χ1n) is 5.52. The standard InChI is InChI=1S/C10H20N2O3Si/c1-3-16-8-7-15-10(14)12-6-4-5-11-9(2)13/h3-8H2,1-2H3,(H,11,13)(H,12,14). The van der Waals surface area contributed by atoms with E-state index in [9.17, 15) is 9.59 Å². The number of hydrogen-bond donors (Lipinski definition) is 2. The van der Waals surface area contributed by atoms with Crippen molar-refractivity contribution in [3.05, 3.63) is 0 Å². The van der Waals surface area contributed by atoms with Crippen molar-refractivity contribution in [2.45, 2.75) is 32.4 Å². The summed E-state index contributed by atoms with van der Waals surface area (Å²) in [5.41, 5.74) is 0. The first kappa shape index (κ1) is 15.0. The quantitative estimate of drug-likeness (QED) is 0.490. The molecule has 0 rings (SSSR count). The molecule has 6 heteroatoms. The van der Waals surface area contributed by atoms with Crippen molar-refractivity contribution in [3.63, 3.8) is 0 Å².